The monoisotopic (exact) mass is 395 g/mol. The molecule has 1 aromatic carbocycles. The number of hydrogen-bond donors (Lipinski definition) is 1. The number of benzene rings is 1. The lowest BCUT2D eigenvalue weighted by Gasteiger charge is -2.27. The van der Waals surface area contributed by atoms with E-state index in [1.165, 1.54) is 6.08 Å². The summed E-state index contributed by atoms with van der Waals surface area (Å²) in [6.45, 7) is 6.40. The van der Waals surface area contributed by atoms with E-state index in [0.717, 1.165) is 16.0 Å². The summed E-state index contributed by atoms with van der Waals surface area (Å²) >= 11 is 0. The molecule has 2 saturated heterocycles. The van der Waals surface area contributed by atoms with E-state index in [4.69, 9.17) is 9.15 Å². The Bertz CT molecular complexity index is 997. The lowest BCUT2D eigenvalue weighted by molar-refractivity contribution is -0.122. The van der Waals surface area contributed by atoms with Gasteiger partial charge in [-0.05, 0) is 49.2 Å². The third kappa shape index (κ3) is 3.79. The van der Waals surface area contributed by atoms with Crippen molar-refractivity contribution in [2.24, 2.45) is 0 Å². The van der Waals surface area contributed by atoms with Gasteiger partial charge in [0.1, 0.15) is 11.3 Å². The van der Waals surface area contributed by atoms with Crippen LogP contribution in [0.2, 0.25) is 0 Å². The summed E-state index contributed by atoms with van der Waals surface area (Å²) in [6, 6.07) is 8.10. The van der Waals surface area contributed by atoms with Crippen molar-refractivity contribution in [1.29, 1.82) is 0 Å². The van der Waals surface area contributed by atoms with Crippen LogP contribution in [0.1, 0.15) is 16.9 Å². The Hall–Kier alpha value is -3.39. The fourth-order valence-corrected chi connectivity index (χ4v) is 3.49. The van der Waals surface area contributed by atoms with Crippen molar-refractivity contribution >= 4 is 35.5 Å². The van der Waals surface area contributed by atoms with Gasteiger partial charge in [-0.3, -0.25) is 14.9 Å². The number of imide groups is 2. The topological polar surface area (TPSA) is 92.1 Å². The largest absolute Gasteiger partial charge is 0.441 e. The number of anilines is 2. The number of carbonyl (C=O) groups is 3. The molecule has 8 nitrogen and oxygen atoms in total. The van der Waals surface area contributed by atoms with Crippen molar-refractivity contribution in [1.82, 2.24) is 5.32 Å². The molecule has 2 aliphatic rings. The van der Waals surface area contributed by atoms with Gasteiger partial charge in [-0.1, -0.05) is 6.07 Å². The summed E-state index contributed by atoms with van der Waals surface area (Å²) in [5, 5.41) is 2.23. The molecule has 29 heavy (non-hydrogen) atoms. The first-order chi connectivity index (χ1) is 13.9. The van der Waals surface area contributed by atoms with E-state index in [1.807, 2.05) is 24.8 Å². The minimum atomic E-state index is -0.768. The first kappa shape index (κ1) is 18.9. The van der Waals surface area contributed by atoms with Crippen LogP contribution >= 0.6 is 0 Å². The molecule has 4 amide bonds. The van der Waals surface area contributed by atoms with Gasteiger partial charge in [0.2, 0.25) is 0 Å². The van der Waals surface area contributed by atoms with Gasteiger partial charge in [-0.25, -0.2) is 9.69 Å². The average Bonchev–Trinajstić information content (AvgIpc) is 3.14. The SMILES string of the molecule is Cc1cc(C)cc(N2C(=O)NC(=O)/C(=C\c3ccc(N4CCOCC4)o3)C2=O)c1. The summed E-state index contributed by atoms with van der Waals surface area (Å²) in [7, 11) is 0. The standard InChI is InChI=1S/C21H21N3O5/c1-13-9-14(2)11-15(10-13)24-20(26)17(19(25)22-21(24)27)12-16-3-4-18(29-16)23-5-7-28-8-6-23/h3-4,9-12H,5-8H2,1-2H3,(H,22,25,27)/b17-12+. The number of nitrogens with zero attached hydrogens (tertiary/aromatic N) is 2. The van der Waals surface area contributed by atoms with E-state index in [2.05, 4.69) is 5.32 Å². The molecule has 0 spiro atoms. The van der Waals surface area contributed by atoms with Crippen LogP contribution in [0.15, 0.2) is 40.3 Å². The Labute approximate surface area is 167 Å². The van der Waals surface area contributed by atoms with E-state index in [0.29, 0.717) is 43.6 Å². The van der Waals surface area contributed by atoms with Crippen molar-refractivity contribution in [3.8, 4) is 0 Å². The molecule has 1 N–H and O–H groups in total. The number of carbonyl (C=O) groups excluding carboxylic acids is 3. The zero-order valence-corrected chi connectivity index (χ0v) is 16.2. The number of urea groups is 1. The Morgan fingerprint density at radius 1 is 1.00 bits per heavy atom. The summed E-state index contributed by atoms with van der Waals surface area (Å²) in [4.78, 5) is 40.7. The van der Waals surface area contributed by atoms with Gasteiger partial charge in [0, 0.05) is 19.2 Å². The normalized spacial score (nSPS) is 19.1. The van der Waals surface area contributed by atoms with Crippen LogP contribution in [0.3, 0.4) is 0 Å². The molecular weight excluding hydrogens is 374 g/mol. The number of ether oxygens (including phenoxy) is 1. The summed E-state index contributed by atoms with van der Waals surface area (Å²) in [6.07, 6.45) is 1.36. The fourth-order valence-electron chi connectivity index (χ4n) is 3.49. The zero-order chi connectivity index (χ0) is 20.5. The molecule has 0 aliphatic carbocycles. The minimum absolute atomic E-state index is 0.161. The van der Waals surface area contributed by atoms with E-state index in [9.17, 15) is 14.4 Å². The number of amides is 4. The maximum absolute atomic E-state index is 13.0. The van der Waals surface area contributed by atoms with E-state index >= 15 is 0 Å². The zero-order valence-electron chi connectivity index (χ0n) is 16.2. The molecule has 8 heteroatoms. The van der Waals surface area contributed by atoms with Crippen LogP contribution in [0.5, 0.6) is 0 Å². The minimum Gasteiger partial charge on any atom is -0.441 e. The molecule has 2 aromatic rings. The second-order valence-corrected chi connectivity index (χ2v) is 7.08. The molecule has 2 aliphatic heterocycles. The predicted octanol–water partition coefficient (Wildman–Crippen LogP) is 2.40. The van der Waals surface area contributed by atoms with Crippen molar-refractivity contribution in [3.63, 3.8) is 0 Å². The summed E-state index contributed by atoms with van der Waals surface area (Å²) in [5.41, 5.74) is 2.07. The fraction of sp³-hybridized carbons (Fsp3) is 0.286. The second kappa shape index (κ2) is 7.56. The molecule has 0 atom stereocenters. The van der Waals surface area contributed by atoms with E-state index in [1.54, 1.807) is 24.3 Å². The molecule has 0 radical (unpaired) electrons. The molecule has 0 bridgehead atoms. The number of barbiturate groups is 1. The van der Waals surface area contributed by atoms with Crippen LogP contribution in [0.25, 0.3) is 6.08 Å². The van der Waals surface area contributed by atoms with E-state index in [-0.39, 0.29) is 5.57 Å². The Balaban J connectivity index is 1.64. The number of nitrogens with one attached hydrogen (secondary N) is 1. The quantitative estimate of drug-likeness (QED) is 0.634. The van der Waals surface area contributed by atoms with Gasteiger partial charge in [0.25, 0.3) is 11.8 Å². The number of furan rings is 1. The van der Waals surface area contributed by atoms with Gasteiger partial charge >= 0.3 is 6.03 Å². The highest BCUT2D eigenvalue weighted by Crippen LogP contribution is 2.26. The molecule has 2 fully saturated rings. The van der Waals surface area contributed by atoms with Crippen molar-refractivity contribution in [2.75, 3.05) is 36.1 Å². The maximum atomic E-state index is 13.0. The predicted molar refractivity (Wildman–Crippen MR) is 107 cm³/mol. The smallest absolute Gasteiger partial charge is 0.335 e. The number of hydrogen-bond acceptors (Lipinski definition) is 6. The van der Waals surface area contributed by atoms with Crippen LogP contribution < -0.4 is 15.1 Å². The second-order valence-electron chi connectivity index (χ2n) is 7.08. The molecule has 3 heterocycles. The van der Waals surface area contributed by atoms with Crippen molar-refractivity contribution in [3.05, 3.63) is 52.8 Å². The summed E-state index contributed by atoms with van der Waals surface area (Å²) in [5.74, 6) is -0.427. The lowest BCUT2D eigenvalue weighted by atomic mass is 10.1. The van der Waals surface area contributed by atoms with Gasteiger partial charge in [-0.2, -0.15) is 0 Å². The van der Waals surface area contributed by atoms with Crippen molar-refractivity contribution < 1.29 is 23.5 Å². The number of morpholine rings is 1. The Morgan fingerprint density at radius 3 is 2.38 bits per heavy atom. The third-order valence-electron chi connectivity index (χ3n) is 4.79. The number of aryl methyl sites for hydroxylation is 2. The lowest BCUT2D eigenvalue weighted by Crippen LogP contribution is -2.54. The van der Waals surface area contributed by atoms with Crippen LogP contribution in [0.4, 0.5) is 16.4 Å². The highest BCUT2D eigenvalue weighted by Gasteiger charge is 2.37. The number of rotatable bonds is 3. The first-order valence-electron chi connectivity index (χ1n) is 9.34. The van der Waals surface area contributed by atoms with Crippen molar-refractivity contribution in [2.45, 2.75) is 13.8 Å². The van der Waals surface area contributed by atoms with Crippen LogP contribution in [-0.2, 0) is 14.3 Å². The highest BCUT2D eigenvalue weighted by molar-refractivity contribution is 6.39. The Kier molecular flexibility index (Phi) is 4.94. The summed E-state index contributed by atoms with van der Waals surface area (Å²) < 4.78 is 11.1. The molecule has 0 unspecified atom stereocenters. The van der Waals surface area contributed by atoms with E-state index < -0.39 is 17.8 Å². The average molecular weight is 395 g/mol. The van der Waals surface area contributed by atoms with Gasteiger partial charge in [-0.15, -0.1) is 0 Å². The first-order valence-corrected chi connectivity index (χ1v) is 9.34. The van der Waals surface area contributed by atoms with Gasteiger partial charge in [0.05, 0.1) is 18.9 Å². The van der Waals surface area contributed by atoms with Crippen LogP contribution in [-0.4, -0.2) is 44.1 Å². The Morgan fingerprint density at radius 2 is 1.69 bits per heavy atom. The third-order valence-corrected chi connectivity index (χ3v) is 4.79. The molecule has 0 saturated carbocycles. The highest BCUT2D eigenvalue weighted by atomic mass is 16.5. The molecule has 150 valence electrons. The molecule has 4 rings (SSSR count). The van der Waals surface area contributed by atoms with Gasteiger partial charge < -0.3 is 14.1 Å². The maximum Gasteiger partial charge on any atom is 0.335 e. The molecule has 1 aromatic heterocycles. The van der Waals surface area contributed by atoms with Crippen LogP contribution in [0, 0.1) is 13.8 Å². The van der Waals surface area contributed by atoms with Gasteiger partial charge in [0.15, 0.2) is 5.88 Å². The molecular formula is C21H21N3O5.